The van der Waals surface area contributed by atoms with Crippen molar-refractivity contribution < 1.29 is 9.72 Å². The first-order chi connectivity index (χ1) is 13.0. The normalized spacial score (nSPS) is 14.8. The van der Waals surface area contributed by atoms with E-state index in [0.29, 0.717) is 22.9 Å². The average molecular weight is 370 g/mol. The molecule has 27 heavy (non-hydrogen) atoms. The van der Waals surface area contributed by atoms with Crippen molar-refractivity contribution in [2.75, 3.05) is 42.9 Å². The zero-order chi connectivity index (χ0) is 19.4. The molecule has 9 heteroatoms. The third kappa shape index (κ3) is 4.37. The first-order valence-electron chi connectivity index (χ1n) is 8.84. The number of nitrogens with zero attached hydrogens (tertiary/aromatic N) is 5. The molecule has 2 heterocycles. The summed E-state index contributed by atoms with van der Waals surface area (Å²) in [6.45, 7) is 8.58. The maximum Gasteiger partial charge on any atom is 0.271 e. The number of amides is 1. The highest BCUT2D eigenvalue weighted by atomic mass is 16.6. The number of benzene rings is 1. The van der Waals surface area contributed by atoms with E-state index in [-0.39, 0.29) is 5.69 Å². The van der Waals surface area contributed by atoms with Gasteiger partial charge in [0.05, 0.1) is 16.2 Å². The van der Waals surface area contributed by atoms with Crippen LogP contribution in [-0.2, 0) is 0 Å². The van der Waals surface area contributed by atoms with E-state index in [1.807, 2.05) is 0 Å². The van der Waals surface area contributed by atoms with Gasteiger partial charge in [0, 0.05) is 50.2 Å². The van der Waals surface area contributed by atoms with Gasteiger partial charge in [-0.2, -0.15) is 0 Å². The molecule has 3 rings (SSSR count). The number of hydrogen-bond acceptors (Lipinski definition) is 7. The molecule has 0 bridgehead atoms. The van der Waals surface area contributed by atoms with Crippen LogP contribution < -0.4 is 10.2 Å². The highest BCUT2D eigenvalue weighted by molar-refractivity contribution is 6.05. The van der Waals surface area contributed by atoms with Crippen LogP contribution >= 0.6 is 0 Å². The van der Waals surface area contributed by atoms with Crippen LogP contribution in [0.5, 0.6) is 0 Å². The van der Waals surface area contributed by atoms with Gasteiger partial charge in [-0.15, -0.1) is 0 Å². The summed E-state index contributed by atoms with van der Waals surface area (Å²) in [6.07, 6.45) is 1.51. The Balaban J connectivity index is 1.71. The minimum absolute atomic E-state index is 0.0812. The highest BCUT2D eigenvalue weighted by Crippen LogP contribution is 2.19. The van der Waals surface area contributed by atoms with Gasteiger partial charge in [-0.25, -0.2) is 9.97 Å². The third-order valence-corrected chi connectivity index (χ3v) is 4.63. The lowest BCUT2D eigenvalue weighted by atomic mass is 10.2. The molecule has 1 aromatic heterocycles. The van der Waals surface area contributed by atoms with Gasteiger partial charge in [0.25, 0.3) is 11.6 Å². The fourth-order valence-corrected chi connectivity index (χ4v) is 2.99. The molecule has 1 saturated heterocycles. The largest absolute Gasteiger partial charge is 0.338 e. The number of hydrogen-bond donors (Lipinski definition) is 1. The van der Waals surface area contributed by atoms with Crippen molar-refractivity contribution in [2.45, 2.75) is 13.8 Å². The van der Waals surface area contributed by atoms with Gasteiger partial charge in [0.2, 0.25) is 5.95 Å². The standard InChI is InChI=1S/C18H22N6O3/c1-3-22-7-9-23(10-8-22)18-19-12-16(13(2)20-18)17(25)21-14-5-4-6-15(11-14)24(26)27/h4-6,11-12H,3,7-10H2,1-2H3,(H,21,25). The topological polar surface area (TPSA) is 104 Å². The molecule has 1 aromatic carbocycles. The average Bonchev–Trinajstić information content (AvgIpc) is 2.68. The van der Waals surface area contributed by atoms with Gasteiger partial charge in [-0.3, -0.25) is 14.9 Å². The second kappa shape index (κ2) is 8.09. The molecule has 1 aliphatic rings. The monoisotopic (exact) mass is 370 g/mol. The number of carbonyl (C=O) groups is 1. The third-order valence-electron chi connectivity index (χ3n) is 4.63. The van der Waals surface area contributed by atoms with Crippen molar-refractivity contribution in [1.29, 1.82) is 0 Å². The summed E-state index contributed by atoms with van der Waals surface area (Å²) in [5.41, 5.74) is 1.19. The predicted octanol–water partition coefficient (Wildman–Crippen LogP) is 2.09. The van der Waals surface area contributed by atoms with Crippen LogP contribution in [-0.4, -0.2) is 58.4 Å². The maximum atomic E-state index is 12.5. The Hall–Kier alpha value is -3.07. The molecule has 2 aromatic rings. The minimum Gasteiger partial charge on any atom is -0.338 e. The molecule has 1 N–H and O–H groups in total. The number of nitrogens with one attached hydrogen (secondary N) is 1. The Morgan fingerprint density at radius 2 is 2.04 bits per heavy atom. The summed E-state index contributed by atoms with van der Waals surface area (Å²) in [4.78, 5) is 36.2. The molecule has 0 atom stereocenters. The van der Waals surface area contributed by atoms with Crippen LogP contribution in [0.3, 0.4) is 0 Å². The number of non-ortho nitro benzene ring substituents is 1. The Morgan fingerprint density at radius 3 is 2.67 bits per heavy atom. The van der Waals surface area contributed by atoms with E-state index in [4.69, 9.17) is 0 Å². The summed E-state index contributed by atoms with van der Waals surface area (Å²) in [7, 11) is 0. The zero-order valence-electron chi connectivity index (χ0n) is 15.4. The Bertz CT molecular complexity index is 849. The molecule has 142 valence electrons. The molecule has 0 spiro atoms. The molecule has 1 fully saturated rings. The van der Waals surface area contributed by atoms with Crippen LogP contribution in [0, 0.1) is 17.0 Å². The van der Waals surface area contributed by atoms with Crippen LogP contribution in [0.25, 0.3) is 0 Å². The van der Waals surface area contributed by atoms with Gasteiger partial charge >= 0.3 is 0 Å². The van der Waals surface area contributed by atoms with E-state index < -0.39 is 10.8 Å². The van der Waals surface area contributed by atoms with Crippen molar-refractivity contribution in [3.8, 4) is 0 Å². The Labute approximate surface area is 157 Å². The van der Waals surface area contributed by atoms with Crippen LogP contribution in [0.15, 0.2) is 30.5 Å². The van der Waals surface area contributed by atoms with E-state index in [9.17, 15) is 14.9 Å². The zero-order valence-corrected chi connectivity index (χ0v) is 15.4. The van der Waals surface area contributed by atoms with Crippen LogP contribution in [0.2, 0.25) is 0 Å². The number of aromatic nitrogens is 2. The lowest BCUT2D eigenvalue weighted by Gasteiger charge is -2.34. The number of rotatable bonds is 5. The van der Waals surface area contributed by atoms with Gasteiger partial charge in [-0.05, 0) is 19.5 Å². The fraction of sp³-hybridized carbons (Fsp3) is 0.389. The Kier molecular flexibility index (Phi) is 5.60. The van der Waals surface area contributed by atoms with Crippen molar-refractivity contribution in [2.24, 2.45) is 0 Å². The summed E-state index contributed by atoms with van der Waals surface area (Å²) in [5, 5.41) is 13.5. The number of nitro groups is 1. The second-order valence-electron chi connectivity index (χ2n) is 6.35. The van der Waals surface area contributed by atoms with E-state index in [1.54, 1.807) is 13.0 Å². The quantitative estimate of drug-likeness (QED) is 0.635. The smallest absolute Gasteiger partial charge is 0.271 e. The number of likely N-dealkylation sites (N-methyl/N-ethyl adjacent to an activating group) is 1. The number of carbonyl (C=O) groups excluding carboxylic acids is 1. The molecule has 0 saturated carbocycles. The summed E-state index contributed by atoms with van der Waals surface area (Å²) >= 11 is 0. The number of piperazine rings is 1. The van der Waals surface area contributed by atoms with Crippen LogP contribution in [0.4, 0.5) is 17.3 Å². The molecule has 0 radical (unpaired) electrons. The molecule has 9 nitrogen and oxygen atoms in total. The lowest BCUT2D eigenvalue weighted by Crippen LogP contribution is -2.46. The van der Waals surface area contributed by atoms with E-state index in [2.05, 4.69) is 32.0 Å². The first kappa shape index (κ1) is 18.7. The lowest BCUT2D eigenvalue weighted by molar-refractivity contribution is -0.384. The highest BCUT2D eigenvalue weighted by Gasteiger charge is 2.20. The van der Waals surface area contributed by atoms with E-state index in [1.165, 1.54) is 24.4 Å². The molecule has 1 amide bonds. The SMILES string of the molecule is CCN1CCN(c2ncc(C(=O)Nc3cccc([N+](=O)[O-])c3)c(C)n2)CC1. The van der Waals surface area contributed by atoms with Crippen molar-refractivity contribution in [3.63, 3.8) is 0 Å². The molecular formula is C18H22N6O3. The first-order valence-corrected chi connectivity index (χ1v) is 8.84. The Morgan fingerprint density at radius 1 is 1.30 bits per heavy atom. The molecule has 1 aliphatic heterocycles. The maximum absolute atomic E-state index is 12.5. The van der Waals surface area contributed by atoms with Gasteiger partial charge < -0.3 is 15.1 Å². The molecule has 0 aliphatic carbocycles. The van der Waals surface area contributed by atoms with Crippen molar-refractivity contribution in [1.82, 2.24) is 14.9 Å². The van der Waals surface area contributed by atoms with Gasteiger partial charge in [-0.1, -0.05) is 13.0 Å². The van der Waals surface area contributed by atoms with E-state index >= 15 is 0 Å². The summed E-state index contributed by atoms with van der Waals surface area (Å²) in [6, 6.07) is 5.81. The number of aryl methyl sites for hydroxylation is 1. The predicted molar refractivity (Wildman–Crippen MR) is 102 cm³/mol. The van der Waals surface area contributed by atoms with Crippen LogP contribution in [0.1, 0.15) is 23.0 Å². The minimum atomic E-state index is -0.503. The number of anilines is 2. The fourth-order valence-electron chi connectivity index (χ4n) is 2.99. The van der Waals surface area contributed by atoms with Gasteiger partial charge in [0.1, 0.15) is 0 Å². The second-order valence-corrected chi connectivity index (χ2v) is 6.35. The summed E-state index contributed by atoms with van der Waals surface area (Å²) in [5.74, 6) is 0.227. The van der Waals surface area contributed by atoms with Crippen molar-refractivity contribution in [3.05, 3.63) is 51.8 Å². The summed E-state index contributed by atoms with van der Waals surface area (Å²) < 4.78 is 0. The molecule has 0 unspecified atom stereocenters. The molecular weight excluding hydrogens is 348 g/mol. The van der Waals surface area contributed by atoms with Crippen molar-refractivity contribution >= 4 is 23.2 Å². The van der Waals surface area contributed by atoms with E-state index in [0.717, 1.165) is 32.7 Å². The van der Waals surface area contributed by atoms with Gasteiger partial charge in [0.15, 0.2) is 0 Å². The number of nitro benzene ring substituents is 1.